The van der Waals surface area contributed by atoms with Crippen molar-refractivity contribution in [2.24, 2.45) is 0 Å². The van der Waals surface area contributed by atoms with Crippen LogP contribution in [0.5, 0.6) is 0 Å². The van der Waals surface area contributed by atoms with Crippen molar-refractivity contribution in [3.8, 4) is 0 Å². The maximum atomic E-state index is 13.4. The number of nitrogens with zero attached hydrogens (tertiary/aromatic N) is 1. The molecule has 8 heteroatoms. The van der Waals surface area contributed by atoms with Crippen molar-refractivity contribution in [1.82, 2.24) is 0 Å². The molecule has 0 bridgehead atoms. The summed E-state index contributed by atoms with van der Waals surface area (Å²) in [5.74, 6) is -0.540. The van der Waals surface area contributed by atoms with Gasteiger partial charge in [-0.2, -0.15) is 0 Å². The summed E-state index contributed by atoms with van der Waals surface area (Å²) in [4.78, 5) is 10.7. The first kappa shape index (κ1) is 20.8. The Morgan fingerprint density at radius 2 is 1.67 bits per heavy atom. The van der Waals surface area contributed by atoms with Crippen molar-refractivity contribution in [2.75, 3.05) is 32.5 Å². The maximum Gasteiger partial charge on any atom is 0.258 e. The summed E-state index contributed by atoms with van der Waals surface area (Å²) in [6, 6.07) is 8.01. The van der Waals surface area contributed by atoms with Gasteiger partial charge in [0.15, 0.2) is 0 Å². The number of nitro groups is 1. The number of hydrogen-bond donors (Lipinski definition) is 0. The lowest BCUT2D eigenvalue weighted by atomic mass is 10.0. The minimum Gasteiger partial charge on any atom is -0.345 e. The summed E-state index contributed by atoms with van der Waals surface area (Å²) in [5, 5.41) is 11.1. The third-order valence-corrected chi connectivity index (χ3v) is 5.99. The Balaban J connectivity index is 3.11. The van der Waals surface area contributed by atoms with Crippen LogP contribution in [0.25, 0.3) is 0 Å². The van der Waals surface area contributed by atoms with Crippen LogP contribution in [0.3, 0.4) is 0 Å². The van der Waals surface area contributed by atoms with E-state index < -0.39 is 24.2 Å². The molecular weight excluding hydrogens is 333 g/mol. The molecule has 1 aromatic rings. The second-order valence-electron chi connectivity index (χ2n) is 5.17. The van der Waals surface area contributed by atoms with E-state index in [9.17, 15) is 14.7 Å². The number of benzene rings is 1. The number of rotatable bonds is 12. The van der Waals surface area contributed by atoms with E-state index in [4.69, 9.17) is 14.0 Å². The van der Waals surface area contributed by atoms with Crippen LogP contribution < -0.4 is 0 Å². The van der Waals surface area contributed by atoms with Gasteiger partial charge in [0.1, 0.15) is 0 Å². The monoisotopic (exact) mass is 359 g/mol. The first-order chi connectivity index (χ1) is 11.5. The first-order valence-electron chi connectivity index (χ1n) is 8.10. The molecule has 0 aromatic heterocycles. The molecule has 7 nitrogen and oxygen atoms in total. The van der Waals surface area contributed by atoms with Crippen molar-refractivity contribution in [2.45, 2.75) is 32.7 Å². The molecule has 0 fully saturated rings. The van der Waals surface area contributed by atoms with Gasteiger partial charge in [0.2, 0.25) is 12.6 Å². The quantitative estimate of drug-likeness (QED) is 0.245. The Kier molecular flexibility index (Phi) is 9.14. The lowest BCUT2D eigenvalue weighted by Crippen LogP contribution is -2.25. The van der Waals surface area contributed by atoms with Crippen molar-refractivity contribution >= 4 is 7.37 Å². The molecule has 2 unspecified atom stereocenters. The maximum absolute atomic E-state index is 13.4. The molecule has 0 aliphatic rings. The molecule has 0 amide bonds. The zero-order valence-corrected chi connectivity index (χ0v) is 15.3. The highest BCUT2D eigenvalue weighted by atomic mass is 31.2. The molecule has 0 N–H and O–H groups in total. The van der Waals surface area contributed by atoms with E-state index in [2.05, 4.69) is 0 Å². The molecule has 0 spiro atoms. The van der Waals surface area contributed by atoms with Crippen molar-refractivity contribution in [3.05, 3.63) is 46.0 Å². The van der Waals surface area contributed by atoms with Gasteiger partial charge in [0.05, 0.1) is 12.5 Å². The highest BCUT2D eigenvalue weighted by Gasteiger charge is 2.40. The molecule has 0 radical (unpaired) electrons. The predicted octanol–water partition coefficient (Wildman–Crippen LogP) is 3.72. The summed E-state index contributed by atoms with van der Waals surface area (Å²) < 4.78 is 29.8. The van der Waals surface area contributed by atoms with E-state index in [-0.39, 0.29) is 19.3 Å². The minimum absolute atomic E-state index is 0.00347. The van der Waals surface area contributed by atoms with Gasteiger partial charge in [0.25, 0.3) is 7.37 Å². The lowest BCUT2D eigenvalue weighted by molar-refractivity contribution is -0.482. The van der Waals surface area contributed by atoms with Gasteiger partial charge in [-0.3, -0.25) is 14.7 Å². The third kappa shape index (κ3) is 6.32. The smallest absolute Gasteiger partial charge is 0.258 e. The van der Waals surface area contributed by atoms with Crippen LogP contribution in [0.4, 0.5) is 0 Å². The molecule has 0 heterocycles. The van der Waals surface area contributed by atoms with Crippen molar-refractivity contribution in [3.63, 3.8) is 0 Å². The summed E-state index contributed by atoms with van der Waals surface area (Å²) >= 11 is 0. The predicted molar refractivity (Wildman–Crippen MR) is 92.2 cm³/mol. The zero-order valence-electron chi connectivity index (χ0n) is 14.4. The molecule has 0 aliphatic carbocycles. The number of hydrogen-bond acceptors (Lipinski definition) is 6. The average molecular weight is 359 g/mol. The van der Waals surface area contributed by atoms with Gasteiger partial charge in [-0.1, -0.05) is 30.3 Å². The summed E-state index contributed by atoms with van der Waals surface area (Å²) in [6.45, 7) is 5.79. The summed E-state index contributed by atoms with van der Waals surface area (Å²) in [5.41, 5.74) is 0.751. The molecule has 0 aliphatic heterocycles. The van der Waals surface area contributed by atoms with Crippen LogP contribution in [0.2, 0.25) is 0 Å². The average Bonchev–Trinajstić information content (AvgIpc) is 2.55. The lowest BCUT2D eigenvalue weighted by Gasteiger charge is -2.28. The second-order valence-corrected chi connectivity index (χ2v) is 7.66. The van der Waals surface area contributed by atoms with Crippen LogP contribution in [0, 0.1) is 10.1 Å². The molecular formula is C16H26NO6P. The van der Waals surface area contributed by atoms with E-state index in [1.165, 1.54) is 0 Å². The van der Waals surface area contributed by atoms with Gasteiger partial charge in [0, 0.05) is 24.3 Å². The fourth-order valence-corrected chi connectivity index (χ4v) is 4.99. The first-order valence-corrected chi connectivity index (χ1v) is 9.97. The molecule has 136 valence electrons. The largest absolute Gasteiger partial charge is 0.345 e. The van der Waals surface area contributed by atoms with E-state index in [0.717, 1.165) is 5.56 Å². The standard InChI is InChI=1S/C16H26NO6P/c1-4-21-16(22-5-2)24(20,23-6-3)13-15(12-17(18)19)14-10-8-7-9-11-14/h7-11,15-16H,4-6,12-13H2,1-3H3. The highest BCUT2D eigenvalue weighted by Crippen LogP contribution is 2.55. The highest BCUT2D eigenvalue weighted by molar-refractivity contribution is 7.59. The Labute approximate surface area is 142 Å². The van der Waals surface area contributed by atoms with E-state index >= 15 is 0 Å². The normalized spacial score (nSPS) is 15.2. The summed E-state index contributed by atoms with van der Waals surface area (Å²) in [7, 11) is -3.39. The SMILES string of the molecule is CCOC(OCC)P(=O)(CC(C[N+](=O)[O-])c1ccccc1)OCC. The Morgan fingerprint density at radius 1 is 1.08 bits per heavy atom. The molecule has 0 saturated heterocycles. The van der Waals surface area contributed by atoms with Crippen LogP contribution in [0.15, 0.2) is 30.3 Å². The molecule has 1 aromatic carbocycles. The Bertz CT molecular complexity index is 533. The fourth-order valence-electron chi connectivity index (χ4n) is 2.46. The third-order valence-electron chi connectivity index (χ3n) is 3.40. The summed E-state index contributed by atoms with van der Waals surface area (Å²) in [6.07, 6.45) is -0.00347. The van der Waals surface area contributed by atoms with E-state index in [1.807, 2.05) is 6.07 Å². The van der Waals surface area contributed by atoms with Crippen molar-refractivity contribution in [1.29, 1.82) is 0 Å². The van der Waals surface area contributed by atoms with Crippen LogP contribution in [0.1, 0.15) is 32.3 Å². The Hall–Kier alpha value is -1.27. The van der Waals surface area contributed by atoms with Crippen molar-refractivity contribution < 1.29 is 23.5 Å². The van der Waals surface area contributed by atoms with Crippen LogP contribution >= 0.6 is 7.37 Å². The Morgan fingerprint density at radius 3 is 2.12 bits per heavy atom. The van der Waals surface area contributed by atoms with Gasteiger partial charge >= 0.3 is 0 Å². The zero-order chi connectivity index (χ0) is 18.0. The molecule has 2 atom stereocenters. The molecule has 24 heavy (non-hydrogen) atoms. The molecule has 0 saturated carbocycles. The number of ether oxygens (including phenoxy) is 2. The van der Waals surface area contributed by atoms with Gasteiger partial charge in [-0.15, -0.1) is 0 Å². The second kappa shape index (κ2) is 10.6. The van der Waals surface area contributed by atoms with Crippen LogP contribution in [-0.2, 0) is 18.6 Å². The van der Waals surface area contributed by atoms with E-state index in [0.29, 0.717) is 13.2 Å². The van der Waals surface area contributed by atoms with Gasteiger partial charge in [-0.25, -0.2) is 0 Å². The van der Waals surface area contributed by atoms with Gasteiger partial charge in [-0.05, 0) is 26.3 Å². The van der Waals surface area contributed by atoms with Gasteiger partial charge < -0.3 is 14.0 Å². The molecule has 1 rings (SSSR count). The van der Waals surface area contributed by atoms with Crippen LogP contribution in [-0.4, -0.2) is 43.5 Å². The topological polar surface area (TPSA) is 87.9 Å². The fraction of sp³-hybridized carbons (Fsp3) is 0.625. The minimum atomic E-state index is -3.39. The van der Waals surface area contributed by atoms with E-state index in [1.54, 1.807) is 45.0 Å².